The highest BCUT2D eigenvalue weighted by molar-refractivity contribution is 7.92. The average Bonchev–Trinajstić information content (AvgIpc) is 4.02. The van der Waals surface area contributed by atoms with Crippen LogP contribution in [0.1, 0.15) is 71.8 Å². The molecule has 52 heavy (non-hydrogen) atoms. The van der Waals surface area contributed by atoms with Gasteiger partial charge in [0.15, 0.2) is 9.84 Å². The van der Waals surface area contributed by atoms with Crippen molar-refractivity contribution in [2.75, 3.05) is 12.3 Å². The molecule has 5 atom stereocenters. The summed E-state index contributed by atoms with van der Waals surface area (Å²) in [6, 6.07) is 13.5. The number of rotatable bonds is 14. The van der Waals surface area contributed by atoms with Gasteiger partial charge in [-0.3, -0.25) is 19.1 Å². The van der Waals surface area contributed by atoms with Crippen LogP contribution in [0.3, 0.4) is 0 Å². The minimum Gasteiger partial charge on any atom is -0.465 e. The van der Waals surface area contributed by atoms with Crippen LogP contribution in [0.5, 0.6) is 0 Å². The Labute approximate surface area is 305 Å². The number of carboxylic acid groups (broad SMARTS) is 1. The molecular weight excluding hydrogens is 709 g/mol. The van der Waals surface area contributed by atoms with Gasteiger partial charge < -0.3 is 20.6 Å². The lowest BCUT2D eigenvalue weighted by molar-refractivity contribution is -0.142. The third-order valence-corrected chi connectivity index (χ3v) is 14.8. The summed E-state index contributed by atoms with van der Waals surface area (Å²) in [6.07, 6.45) is 1.31. The third kappa shape index (κ3) is 7.61. The molecule has 2 unspecified atom stereocenters. The number of carbonyl (C=O) groups is 4. The molecule has 1 aliphatic heterocycles. The highest BCUT2D eigenvalue weighted by atomic mass is 32.2. The molecule has 5 rings (SSSR count). The van der Waals surface area contributed by atoms with Gasteiger partial charge in [0.05, 0.1) is 11.0 Å². The number of sulfonamides is 1. The number of hydrogen-bond acceptors (Lipinski definition) is 8. The van der Waals surface area contributed by atoms with Crippen LogP contribution in [-0.4, -0.2) is 85.8 Å². The minimum absolute atomic E-state index is 0.0427. The van der Waals surface area contributed by atoms with Crippen LogP contribution in [-0.2, 0) is 39.0 Å². The fourth-order valence-corrected chi connectivity index (χ4v) is 10.7. The van der Waals surface area contributed by atoms with Crippen molar-refractivity contribution < 1.29 is 41.1 Å². The number of hydrogen-bond donors (Lipinski definition) is 4. The summed E-state index contributed by atoms with van der Waals surface area (Å²) in [5, 5.41) is 14.0. The Hall–Kier alpha value is -4.24. The van der Waals surface area contributed by atoms with E-state index in [1.807, 2.05) is 37.3 Å². The van der Waals surface area contributed by atoms with Gasteiger partial charge in [0.2, 0.25) is 21.8 Å². The minimum atomic E-state index is -4.10. The van der Waals surface area contributed by atoms with E-state index in [9.17, 15) is 41.1 Å². The second-order valence-electron chi connectivity index (χ2n) is 15.2. The van der Waals surface area contributed by atoms with Gasteiger partial charge in [0.1, 0.15) is 22.4 Å². The lowest BCUT2D eigenvalue weighted by Gasteiger charge is -2.35. The van der Waals surface area contributed by atoms with Crippen LogP contribution in [0.4, 0.5) is 4.79 Å². The maximum atomic E-state index is 14.6. The van der Waals surface area contributed by atoms with Gasteiger partial charge in [-0.15, -0.1) is 6.58 Å². The van der Waals surface area contributed by atoms with Gasteiger partial charge in [0, 0.05) is 18.9 Å². The number of nitrogens with zero attached hydrogens (tertiary/aromatic N) is 1. The maximum Gasteiger partial charge on any atom is 0.405 e. The Kier molecular flexibility index (Phi) is 10.7. The summed E-state index contributed by atoms with van der Waals surface area (Å²) in [7, 11) is -8.08. The van der Waals surface area contributed by atoms with E-state index in [0.717, 1.165) is 16.0 Å². The lowest BCUT2D eigenvalue weighted by atomic mass is 9.85. The monoisotopic (exact) mass is 756 g/mol. The molecular formula is C37H48N4O9S2. The molecule has 0 radical (unpaired) electrons. The number of amides is 4. The van der Waals surface area contributed by atoms with Crippen LogP contribution in [0.2, 0.25) is 0 Å². The molecule has 3 aliphatic rings. The van der Waals surface area contributed by atoms with Crippen molar-refractivity contribution in [3.63, 3.8) is 0 Å². The van der Waals surface area contributed by atoms with E-state index in [0.29, 0.717) is 31.2 Å². The van der Waals surface area contributed by atoms with E-state index < -0.39 is 89.2 Å². The maximum absolute atomic E-state index is 14.6. The highest BCUT2D eigenvalue weighted by Gasteiger charge is 2.64. The smallest absolute Gasteiger partial charge is 0.405 e. The predicted molar refractivity (Wildman–Crippen MR) is 196 cm³/mol. The van der Waals surface area contributed by atoms with Crippen LogP contribution >= 0.6 is 0 Å². The topological polar surface area (TPSA) is 196 Å². The van der Waals surface area contributed by atoms with Crippen LogP contribution in [0.15, 0.2) is 67.3 Å². The van der Waals surface area contributed by atoms with Gasteiger partial charge >= 0.3 is 6.09 Å². The SMILES string of the molecule is C=CC1CC1(NC(=O)[C@@H]1C[C@](c2ccc(-c3ccccc3)cc2)(S(=O)(=O)CCCC)CN1C(=O)[C@@H](NC(=O)O)C(C)(C)C)C(=O)NS(=O)(=O)C1CC1. The molecule has 1 heterocycles. The van der Waals surface area contributed by atoms with Gasteiger partial charge in [-0.05, 0) is 47.8 Å². The fourth-order valence-electron chi connectivity index (χ4n) is 7.04. The molecule has 13 nitrogen and oxygen atoms in total. The Bertz CT molecular complexity index is 1940. The molecule has 282 valence electrons. The second-order valence-corrected chi connectivity index (χ2v) is 19.6. The molecule has 2 saturated carbocycles. The van der Waals surface area contributed by atoms with Gasteiger partial charge in [0.25, 0.3) is 5.91 Å². The Morgan fingerprint density at radius 2 is 1.60 bits per heavy atom. The van der Waals surface area contributed by atoms with Crippen molar-refractivity contribution in [1.82, 2.24) is 20.3 Å². The number of unbranched alkanes of at least 4 members (excludes halogenated alkanes) is 1. The van der Waals surface area contributed by atoms with E-state index in [2.05, 4.69) is 21.9 Å². The molecule has 4 amide bonds. The summed E-state index contributed by atoms with van der Waals surface area (Å²) in [5.41, 5.74) is -0.612. The van der Waals surface area contributed by atoms with E-state index in [1.54, 1.807) is 45.0 Å². The summed E-state index contributed by atoms with van der Waals surface area (Å²) in [4.78, 5) is 55.5. The average molecular weight is 757 g/mol. The van der Waals surface area contributed by atoms with E-state index in [4.69, 9.17) is 0 Å². The predicted octanol–water partition coefficient (Wildman–Crippen LogP) is 3.72. The quantitative estimate of drug-likeness (QED) is 0.208. The normalized spacial score (nSPS) is 25.1. The first-order valence-electron chi connectivity index (χ1n) is 17.5. The lowest BCUT2D eigenvalue weighted by Crippen LogP contribution is -2.60. The molecule has 2 aromatic carbocycles. The van der Waals surface area contributed by atoms with Crippen molar-refractivity contribution in [2.24, 2.45) is 11.3 Å². The van der Waals surface area contributed by atoms with Gasteiger partial charge in [-0.1, -0.05) is 94.8 Å². The summed E-state index contributed by atoms with van der Waals surface area (Å²) < 4.78 is 54.9. The first kappa shape index (κ1) is 39.0. The summed E-state index contributed by atoms with van der Waals surface area (Å²) in [5.74, 6) is -3.48. The van der Waals surface area contributed by atoms with E-state index in [-0.39, 0.29) is 18.6 Å². The largest absolute Gasteiger partial charge is 0.465 e. The Balaban J connectivity index is 1.60. The summed E-state index contributed by atoms with van der Waals surface area (Å²) >= 11 is 0. The van der Waals surface area contributed by atoms with Crippen LogP contribution in [0, 0.1) is 11.3 Å². The number of sulfone groups is 1. The van der Waals surface area contributed by atoms with Gasteiger partial charge in [-0.2, -0.15) is 0 Å². The molecule has 3 fully saturated rings. The number of likely N-dealkylation sites (tertiary alicyclic amines) is 1. The van der Waals surface area contributed by atoms with Crippen LogP contribution < -0.4 is 15.4 Å². The molecule has 4 N–H and O–H groups in total. The molecule has 1 saturated heterocycles. The van der Waals surface area contributed by atoms with Crippen molar-refractivity contribution in [2.45, 2.75) is 93.8 Å². The molecule has 15 heteroatoms. The number of nitrogens with one attached hydrogen (secondary N) is 3. The highest BCUT2D eigenvalue weighted by Crippen LogP contribution is 2.48. The molecule has 2 aromatic rings. The van der Waals surface area contributed by atoms with Crippen molar-refractivity contribution in [3.05, 3.63) is 72.8 Å². The Morgan fingerprint density at radius 3 is 2.12 bits per heavy atom. The summed E-state index contributed by atoms with van der Waals surface area (Å²) in [6.45, 7) is 10.0. The molecule has 0 aromatic heterocycles. The zero-order valence-electron chi connectivity index (χ0n) is 29.9. The zero-order valence-corrected chi connectivity index (χ0v) is 31.6. The Morgan fingerprint density at radius 1 is 0.981 bits per heavy atom. The van der Waals surface area contributed by atoms with Crippen molar-refractivity contribution >= 4 is 43.7 Å². The number of benzene rings is 2. The van der Waals surface area contributed by atoms with Crippen molar-refractivity contribution in [3.8, 4) is 11.1 Å². The molecule has 2 aliphatic carbocycles. The van der Waals surface area contributed by atoms with Crippen molar-refractivity contribution in [1.29, 1.82) is 0 Å². The second kappa shape index (κ2) is 14.3. The standard InChI is InChI=1S/C37H48N4O9S2/c1-6-8-20-51(47,48)36(27-16-14-25(15-17-27)24-12-10-9-11-13-24)22-29(41(23-36)32(43)30(35(3,4)5)38-34(45)46)31(42)39-37(21-26(37)7-2)33(44)40-52(49,50)28-18-19-28/h7,9-17,26,28-30,38H,2,6,8,18-23H2,1,3-5H3,(H,39,42)(H,40,44)(H,45,46)/t26?,29-,30+,36-,37?/m0/s1. The zero-order chi connectivity index (χ0) is 38.3. The van der Waals surface area contributed by atoms with E-state index in [1.165, 1.54) is 6.08 Å². The number of carbonyl (C=O) groups excluding carboxylic acids is 3. The fraction of sp³-hybridized carbons (Fsp3) is 0.514. The van der Waals surface area contributed by atoms with Gasteiger partial charge in [-0.25, -0.2) is 21.6 Å². The first-order chi connectivity index (χ1) is 24.3. The van der Waals surface area contributed by atoms with E-state index >= 15 is 0 Å². The first-order valence-corrected chi connectivity index (χ1v) is 20.7. The third-order valence-electron chi connectivity index (χ3n) is 10.4. The van der Waals surface area contributed by atoms with Crippen LogP contribution in [0.25, 0.3) is 11.1 Å². The molecule has 0 spiro atoms. The molecule has 0 bridgehead atoms.